The standard InChI is InChI=1S/C16H17N3/c1-2-3-12-6-13(10-18-9-12)16(11-17)7-14-4-5-15(8-16)19-14/h6,9-10,14-15,19H,4-5,7-8H2,1H3/t14-,15+,16?. The van der Waals surface area contributed by atoms with Gasteiger partial charge in [0.2, 0.25) is 0 Å². The van der Waals surface area contributed by atoms with Crippen LogP contribution in [0.5, 0.6) is 0 Å². The Balaban J connectivity index is 2.00. The van der Waals surface area contributed by atoms with E-state index in [2.05, 4.69) is 28.2 Å². The van der Waals surface area contributed by atoms with Crippen LogP contribution in [0.1, 0.15) is 43.7 Å². The van der Waals surface area contributed by atoms with Crippen molar-refractivity contribution in [1.82, 2.24) is 10.3 Å². The highest BCUT2D eigenvalue weighted by Gasteiger charge is 2.45. The Morgan fingerprint density at radius 1 is 1.32 bits per heavy atom. The smallest absolute Gasteiger partial charge is 0.0867 e. The molecule has 3 atom stereocenters. The van der Waals surface area contributed by atoms with E-state index in [1.807, 2.05) is 19.2 Å². The zero-order chi connectivity index (χ0) is 13.3. The molecule has 0 saturated carbocycles. The van der Waals surface area contributed by atoms with E-state index >= 15 is 0 Å². The van der Waals surface area contributed by atoms with Gasteiger partial charge in [-0.05, 0) is 44.2 Å². The molecule has 1 N–H and O–H groups in total. The second kappa shape index (κ2) is 4.68. The van der Waals surface area contributed by atoms with Gasteiger partial charge < -0.3 is 5.32 Å². The van der Waals surface area contributed by atoms with Crippen molar-refractivity contribution in [1.29, 1.82) is 5.26 Å². The Kier molecular flexibility index (Phi) is 3.01. The van der Waals surface area contributed by atoms with Crippen molar-refractivity contribution < 1.29 is 0 Å². The van der Waals surface area contributed by atoms with Crippen molar-refractivity contribution >= 4 is 0 Å². The summed E-state index contributed by atoms with van der Waals surface area (Å²) < 4.78 is 0. The fourth-order valence-electron chi connectivity index (χ4n) is 3.45. The minimum Gasteiger partial charge on any atom is -0.311 e. The molecule has 1 aromatic rings. The Hall–Kier alpha value is -1.84. The summed E-state index contributed by atoms with van der Waals surface area (Å²) in [5.74, 6) is 5.92. The average Bonchev–Trinajstić information content (AvgIpc) is 2.79. The van der Waals surface area contributed by atoms with E-state index in [-0.39, 0.29) is 5.41 Å². The fraction of sp³-hybridized carbons (Fsp3) is 0.500. The molecule has 3 rings (SSSR count). The zero-order valence-electron chi connectivity index (χ0n) is 11.1. The van der Waals surface area contributed by atoms with E-state index in [0.717, 1.165) is 24.0 Å². The highest BCUT2D eigenvalue weighted by molar-refractivity contribution is 5.40. The molecule has 1 aromatic heterocycles. The van der Waals surface area contributed by atoms with Gasteiger partial charge in [-0.3, -0.25) is 4.98 Å². The first-order valence-corrected chi connectivity index (χ1v) is 6.81. The molecule has 19 heavy (non-hydrogen) atoms. The second-order valence-electron chi connectivity index (χ2n) is 5.58. The number of piperidine rings is 1. The number of nitrogens with zero attached hydrogens (tertiary/aromatic N) is 2. The summed E-state index contributed by atoms with van der Waals surface area (Å²) in [5, 5.41) is 13.3. The van der Waals surface area contributed by atoms with Crippen LogP contribution in [0.4, 0.5) is 0 Å². The number of pyridine rings is 1. The van der Waals surface area contributed by atoms with Crippen molar-refractivity contribution in [3.8, 4) is 17.9 Å². The van der Waals surface area contributed by atoms with Crippen LogP contribution >= 0.6 is 0 Å². The summed E-state index contributed by atoms with van der Waals surface area (Å²) in [4.78, 5) is 4.27. The number of aromatic nitrogens is 1. The maximum absolute atomic E-state index is 9.74. The summed E-state index contributed by atoms with van der Waals surface area (Å²) in [6.07, 6.45) is 7.77. The van der Waals surface area contributed by atoms with Gasteiger partial charge >= 0.3 is 0 Å². The van der Waals surface area contributed by atoms with E-state index in [0.29, 0.717) is 12.1 Å². The molecule has 0 spiro atoms. The first-order chi connectivity index (χ1) is 9.25. The van der Waals surface area contributed by atoms with Crippen LogP contribution in [0.15, 0.2) is 18.5 Å². The van der Waals surface area contributed by atoms with Crippen molar-refractivity contribution in [3.05, 3.63) is 29.6 Å². The molecular weight excluding hydrogens is 234 g/mol. The summed E-state index contributed by atoms with van der Waals surface area (Å²) in [6, 6.07) is 5.59. The lowest BCUT2D eigenvalue weighted by atomic mass is 9.72. The Morgan fingerprint density at radius 2 is 2.05 bits per heavy atom. The summed E-state index contributed by atoms with van der Waals surface area (Å²) >= 11 is 0. The van der Waals surface area contributed by atoms with Crippen LogP contribution in [0.3, 0.4) is 0 Å². The average molecular weight is 251 g/mol. The number of fused-ring (bicyclic) bond motifs is 2. The van der Waals surface area contributed by atoms with E-state index in [1.54, 1.807) is 6.20 Å². The third kappa shape index (κ3) is 2.11. The van der Waals surface area contributed by atoms with Crippen LogP contribution in [0.2, 0.25) is 0 Å². The molecule has 0 radical (unpaired) electrons. The van der Waals surface area contributed by atoms with E-state index < -0.39 is 0 Å². The lowest BCUT2D eigenvalue weighted by Gasteiger charge is -2.36. The molecule has 2 bridgehead atoms. The highest BCUT2D eigenvalue weighted by atomic mass is 15.0. The SMILES string of the molecule is CC#Cc1cncc(C2(C#N)C[C@H]3CC[C@@H](C2)N3)c1. The van der Waals surface area contributed by atoms with Gasteiger partial charge in [0.15, 0.2) is 0 Å². The van der Waals surface area contributed by atoms with E-state index in [9.17, 15) is 5.26 Å². The number of rotatable bonds is 1. The summed E-state index contributed by atoms with van der Waals surface area (Å²) in [7, 11) is 0. The molecule has 2 aliphatic heterocycles. The second-order valence-corrected chi connectivity index (χ2v) is 5.58. The zero-order valence-corrected chi connectivity index (χ0v) is 11.1. The molecule has 0 aliphatic carbocycles. The predicted octanol–water partition coefficient (Wildman–Crippen LogP) is 2.13. The van der Waals surface area contributed by atoms with Gasteiger partial charge in [-0.2, -0.15) is 5.26 Å². The van der Waals surface area contributed by atoms with Gasteiger partial charge in [-0.1, -0.05) is 5.92 Å². The van der Waals surface area contributed by atoms with Crippen molar-refractivity contribution in [2.75, 3.05) is 0 Å². The molecule has 2 aliphatic rings. The number of nitriles is 1. The Bertz CT molecular complexity index is 576. The monoisotopic (exact) mass is 251 g/mol. The molecule has 1 unspecified atom stereocenters. The van der Waals surface area contributed by atoms with Gasteiger partial charge in [-0.15, -0.1) is 5.92 Å². The Morgan fingerprint density at radius 3 is 2.68 bits per heavy atom. The van der Waals surface area contributed by atoms with Crippen molar-refractivity contribution in [2.24, 2.45) is 0 Å². The van der Waals surface area contributed by atoms with Gasteiger partial charge in [0.25, 0.3) is 0 Å². The maximum Gasteiger partial charge on any atom is 0.0867 e. The van der Waals surface area contributed by atoms with Crippen LogP contribution in [-0.2, 0) is 5.41 Å². The molecule has 2 fully saturated rings. The van der Waals surface area contributed by atoms with Crippen LogP contribution < -0.4 is 5.32 Å². The normalized spacial score (nSPS) is 32.2. The van der Waals surface area contributed by atoms with E-state index in [1.165, 1.54) is 12.8 Å². The Labute approximate surface area is 114 Å². The topological polar surface area (TPSA) is 48.7 Å². The maximum atomic E-state index is 9.74. The van der Waals surface area contributed by atoms with Crippen LogP contribution in [-0.4, -0.2) is 17.1 Å². The van der Waals surface area contributed by atoms with Gasteiger partial charge in [0.1, 0.15) is 0 Å². The summed E-state index contributed by atoms with van der Waals surface area (Å²) in [5.41, 5.74) is 1.56. The van der Waals surface area contributed by atoms with Gasteiger partial charge in [0.05, 0.1) is 11.5 Å². The summed E-state index contributed by atoms with van der Waals surface area (Å²) in [6.45, 7) is 1.82. The molecule has 0 amide bonds. The van der Waals surface area contributed by atoms with Gasteiger partial charge in [0, 0.05) is 30.0 Å². The number of nitrogens with one attached hydrogen (secondary N) is 1. The van der Waals surface area contributed by atoms with E-state index in [4.69, 9.17) is 0 Å². The number of hydrogen-bond donors (Lipinski definition) is 1. The minimum absolute atomic E-state index is 0.379. The predicted molar refractivity (Wildman–Crippen MR) is 73.3 cm³/mol. The van der Waals surface area contributed by atoms with Crippen molar-refractivity contribution in [3.63, 3.8) is 0 Å². The lowest BCUT2D eigenvalue weighted by molar-refractivity contribution is 0.304. The molecule has 3 nitrogen and oxygen atoms in total. The molecule has 3 heterocycles. The number of hydrogen-bond acceptors (Lipinski definition) is 3. The van der Waals surface area contributed by atoms with Gasteiger partial charge in [-0.25, -0.2) is 0 Å². The third-order valence-corrected chi connectivity index (χ3v) is 4.30. The molecule has 0 aromatic carbocycles. The molecule has 96 valence electrons. The fourth-order valence-corrected chi connectivity index (χ4v) is 3.45. The molecule has 3 heteroatoms. The first kappa shape index (κ1) is 12.2. The highest BCUT2D eigenvalue weighted by Crippen LogP contribution is 2.42. The third-order valence-electron chi connectivity index (χ3n) is 4.30. The first-order valence-electron chi connectivity index (χ1n) is 6.81. The quantitative estimate of drug-likeness (QED) is 0.778. The molecular formula is C16H17N3. The van der Waals surface area contributed by atoms with Crippen LogP contribution in [0.25, 0.3) is 0 Å². The van der Waals surface area contributed by atoms with Crippen molar-refractivity contribution in [2.45, 2.75) is 50.1 Å². The molecule has 2 saturated heterocycles. The lowest BCUT2D eigenvalue weighted by Crippen LogP contribution is -2.46. The minimum atomic E-state index is -0.379. The largest absolute Gasteiger partial charge is 0.311 e. The van der Waals surface area contributed by atoms with Crippen LogP contribution in [0, 0.1) is 23.2 Å².